The normalized spacial score (nSPS) is 12.0. The zero-order valence-corrected chi connectivity index (χ0v) is 25.9. The molecule has 1 unspecified atom stereocenters. The van der Waals surface area contributed by atoms with Gasteiger partial charge in [-0.25, -0.2) is 8.42 Å². The molecule has 1 atom stereocenters. The van der Waals surface area contributed by atoms with Crippen LogP contribution in [0.5, 0.6) is 0 Å². The number of sulfonamides is 1. The number of nitrogens with one attached hydrogen (secondary N) is 1. The third-order valence-electron chi connectivity index (χ3n) is 7.58. The van der Waals surface area contributed by atoms with Crippen molar-refractivity contribution in [3.05, 3.63) is 131 Å². The van der Waals surface area contributed by atoms with Gasteiger partial charge in [-0.05, 0) is 59.4 Å². The molecule has 4 aromatic carbocycles. The summed E-state index contributed by atoms with van der Waals surface area (Å²) in [6.45, 7) is 5.74. The van der Waals surface area contributed by atoms with Gasteiger partial charge >= 0.3 is 0 Å². The second-order valence-electron chi connectivity index (χ2n) is 10.8. The molecule has 0 aliphatic carbocycles. The van der Waals surface area contributed by atoms with E-state index in [1.54, 1.807) is 37.4 Å². The predicted molar refractivity (Wildman–Crippen MR) is 171 cm³/mol. The average molecular weight is 598 g/mol. The molecular formula is C35H39N3O4S. The minimum absolute atomic E-state index is 0.0772. The van der Waals surface area contributed by atoms with E-state index in [0.717, 1.165) is 26.6 Å². The number of amides is 2. The lowest BCUT2D eigenvalue weighted by Gasteiger charge is -2.34. The third kappa shape index (κ3) is 7.70. The highest BCUT2D eigenvalue weighted by Gasteiger charge is 2.34. The molecule has 0 saturated heterocycles. The lowest BCUT2D eigenvalue weighted by atomic mass is 10.0. The topological polar surface area (TPSA) is 86.8 Å². The van der Waals surface area contributed by atoms with Crippen LogP contribution in [0.2, 0.25) is 0 Å². The lowest BCUT2D eigenvalue weighted by Crippen LogP contribution is -2.53. The SMILES string of the molecule is CNC(=O)C(Cc1ccccc1)N(Cc1ccccc1C)C(=O)CN(c1ccc(C(C)C)cc1)S(=O)(=O)c1ccccc1. The van der Waals surface area contributed by atoms with Gasteiger partial charge in [0.15, 0.2) is 0 Å². The van der Waals surface area contributed by atoms with Gasteiger partial charge in [-0.3, -0.25) is 13.9 Å². The van der Waals surface area contributed by atoms with Crippen LogP contribution in [0.4, 0.5) is 5.69 Å². The minimum Gasteiger partial charge on any atom is -0.357 e. The van der Waals surface area contributed by atoms with Crippen LogP contribution < -0.4 is 9.62 Å². The fourth-order valence-electron chi connectivity index (χ4n) is 4.97. The third-order valence-corrected chi connectivity index (χ3v) is 9.37. The molecule has 0 heterocycles. The Kier molecular flexibility index (Phi) is 10.4. The summed E-state index contributed by atoms with van der Waals surface area (Å²) in [5.41, 5.74) is 4.15. The van der Waals surface area contributed by atoms with Crippen molar-refractivity contribution in [1.29, 1.82) is 0 Å². The zero-order chi connectivity index (χ0) is 31.0. The maximum absolute atomic E-state index is 14.4. The highest BCUT2D eigenvalue weighted by Crippen LogP contribution is 2.27. The van der Waals surface area contributed by atoms with Crippen molar-refractivity contribution in [2.24, 2.45) is 0 Å². The van der Waals surface area contributed by atoms with E-state index in [4.69, 9.17) is 0 Å². The van der Waals surface area contributed by atoms with Gasteiger partial charge in [0.2, 0.25) is 11.8 Å². The number of likely N-dealkylation sites (N-methyl/N-ethyl adjacent to an activating group) is 1. The lowest BCUT2D eigenvalue weighted by molar-refractivity contribution is -0.139. The van der Waals surface area contributed by atoms with Crippen molar-refractivity contribution in [1.82, 2.24) is 10.2 Å². The van der Waals surface area contributed by atoms with Crippen LogP contribution in [0.3, 0.4) is 0 Å². The highest BCUT2D eigenvalue weighted by atomic mass is 32.2. The summed E-state index contributed by atoms with van der Waals surface area (Å²) in [7, 11) is -2.58. The molecule has 0 aromatic heterocycles. The summed E-state index contributed by atoms with van der Waals surface area (Å²) >= 11 is 0. The fourth-order valence-corrected chi connectivity index (χ4v) is 6.40. The minimum atomic E-state index is -4.12. The van der Waals surface area contributed by atoms with Crippen LogP contribution in [-0.2, 0) is 32.6 Å². The molecule has 43 heavy (non-hydrogen) atoms. The Labute approximate surface area is 255 Å². The second-order valence-corrected chi connectivity index (χ2v) is 12.7. The molecule has 4 rings (SSSR count). The molecular weight excluding hydrogens is 558 g/mol. The van der Waals surface area contributed by atoms with Gasteiger partial charge in [-0.15, -0.1) is 0 Å². The molecule has 8 heteroatoms. The molecule has 0 aliphatic heterocycles. The van der Waals surface area contributed by atoms with Crippen molar-refractivity contribution in [2.45, 2.75) is 50.6 Å². The molecule has 2 amide bonds. The average Bonchev–Trinajstić information content (AvgIpc) is 3.02. The van der Waals surface area contributed by atoms with Gasteiger partial charge in [-0.2, -0.15) is 0 Å². The predicted octanol–water partition coefficient (Wildman–Crippen LogP) is 5.70. The van der Waals surface area contributed by atoms with Crippen LogP contribution in [0.15, 0.2) is 114 Å². The molecule has 224 valence electrons. The monoisotopic (exact) mass is 597 g/mol. The van der Waals surface area contributed by atoms with E-state index in [9.17, 15) is 18.0 Å². The largest absolute Gasteiger partial charge is 0.357 e. The Balaban J connectivity index is 1.79. The van der Waals surface area contributed by atoms with Crippen LogP contribution >= 0.6 is 0 Å². The molecule has 1 N–H and O–H groups in total. The van der Waals surface area contributed by atoms with Crippen molar-refractivity contribution >= 4 is 27.5 Å². The molecule has 0 fully saturated rings. The number of nitrogens with zero attached hydrogens (tertiary/aromatic N) is 2. The highest BCUT2D eigenvalue weighted by molar-refractivity contribution is 7.92. The van der Waals surface area contributed by atoms with Crippen LogP contribution in [0.1, 0.15) is 42.0 Å². The number of aryl methyl sites for hydroxylation is 1. The van der Waals surface area contributed by atoms with E-state index in [1.165, 1.54) is 17.0 Å². The number of anilines is 1. The van der Waals surface area contributed by atoms with Crippen molar-refractivity contribution < 1.29 is 18.0 Å². The molecule has 7 nitrogen and oxygen atoms in total. The number of rotatable bonds is 12. The van der Waals surface area contributed by atoms with E-state index in [-0.39, 0.29) is 29.7 Å². The summed E-state index contributed by atoms with van der Waals surface area (Å²) in [4.78, 5) is 29.3. The molecule has 0 radical (unpaired) electrons. The summed E-state index contributed by atoms with van der Waals surface area (Å²) in [5, 5.41) is 2.71. The zero-order valence-electron chi connectivity index (χ0n) is 25.1. The Morgan fingerprint density at radius 1 is 0.791 bits per heavy atom. The first-order valence-electron chi connectivity index (χ1n) is 14.4. The summed E-state index contributed by atoms with van der Waals surface area (Å²) < 4.78 is 29.2. The van der Waals surface area contributed by atoms with E-state index >= 15 is 0 Å². The number of carbonyl (C=O) groups is 2. The van der Waals surface area contributed by atoms with Crippen molar-refractivity contribution in [3.63, 3.8) is 0 Å². The summed E-state index contributed by atoms with van der Waals surface area (Å²) in [5.74, 6) is -0.560. The van der Waals surface area contributed by atoms with Gasteiger partial charge in [0, 0.05) is 20.0 Å². The van der Waals surface area contributed by atoms with E-state index in [0.29, 0.717) is 5.69 Å². The van der Waals surface area contributed by atoms with Gasteiger partial charge < -0.3 is 10.2 Å². The standard InChI is InChI=1S/C35H39N3O4S/c1-26(2)29-19-21-31(22-20-29)38(43(41,42)32-17-9-6-10-18-32)25-34(39)37(24-30-16-12-11-13-27(30)3)33(35(40)36-4)23-28-14-7-5-8-15-28/h5-22,26,33H,23-25H2,1-4H3,(H,36,40). The number of carbonyl (C=O) groups excluding carboxylic acids is 2. The molecule has 0 spiro atoms. The number of hydrogen-bond acceptors (Lipinski definition) is 4. The van der Waals surface area contributed by atoms with Crippen LogP contribution in [0, 0.1) is 6.92 Å². The van der Waals surface area contributed by atoms with Gasteiger partial charge in [0.1, 0.15) is 12.6 Å². The molecule has 0 saturated carbocycles. The second kappa shape index (κ2) is 14.2. The maximum atomic E-state index is 14.4. The first-order chi connectivity index (χ1) is 20.6. The summed E-state index contributed by atoms with van der Waals surface area (Å²) in [6.07, 6.45) is 0.270. The maximum Gasteiger partial charge on any atom is 0.264 e. The molecule has 4 aromatic rings. The van der Waals surface area contributed by atoms with Gasteiger partial charge in [0.05, 0.1) is 10.6 Å². The Bertz CT molecular complexity index is 1620. The first kappa shape index (κ1) is 31.5. The molecule has 0 bridgehead atoms. The summed E-state index contributed by atoms with van der Waals surface area (Å²) in [6, 6.07) is 31.6. The quantitative estimate of drug-likeness (QED) is 0.227. The fraction of sp³-hybridized carbons (Fsp3) is 0.257. The molecule has 0 aliphatic rings. The van der Waals surface area contributed by atoms with Crippen LogP contribution in [0.25, 0.3) is 0 Å². The number of hydrogen-bond donors (Lipinski definition) is 1. The van der Waals surface area contributed by atoms with E-state index in [1.807, 2.05) is 73.7 Å². The van der Waals surface area contributed by atoms with Crippen LogP contribution in [-0.4, -0.2) is 44.8 Å². The first-order valence-corrected chi connectivity index (χ1v) is 15.8. The van der Waals surface area contributed by atoms with Crippen molar-refractivity contribution in [2.75, 3.05) is 17.9 Å². The van der Waals surface area contributed by atoms with E-state index in [2.05, 4.69) is 19.2 Å². The van der Waals surface area contributed by atoms with Crippen molar-refractivity contribution in [3.8, 4) is 0 Å². The Hall–Kier alpha value is -4.43. The number of benzene rings is 4. The Morgan fingerprint density at radius 2 is 1.37 bits per heavy atom. The Morgan fingerprint density at radius 3 is 1.95 bits per heavy atom. The smallest absolute Gasteiger partial charge is 0.264 e. The van der Waals surface area contributed by atoms with Gasteiger partial charge in [-0.1, -0.05) is 98.8 Å². The van der Waals surface area contributed by atoms with Gasteiger partial charge in [0.25, 0.3) is 10.0 Å². The van der Waals surface area contributed by atoms with E-state index < -0.39 is 28.5 Å².